The van der Waals surface area contributed by atoms with E-state index in [-0.39, 0.29) is 0 Å². The van der Waals surface area contributed by atoms with Crippen LogP contribution in [0.5, 0.6) is 5.75 Å². The van der Waals surface area contributed by atoms with Crippen LogP contribution in [0, 0.1) is 0 Å². The van der Waals surface area contributed by atoms with Gasteiger partial charge in [-0.15, -0.1) is 0 Å². The van der Waals surface area contributed by atoms with Gasteiger partial charge in [0, 0.05) is 17.1 Å². The smallest absolute Gasteiger partial charge is 0.138 e. The van der Waals surface area contributed by atoms with Crippen LogP contribution in [0.1, 0.15) is 6.42 Å². The number of hydrogen-bond acceptors (Lipinski definition) is 3. The molecule has 0 aromatic carbocycles. The van der Waals surface area contributed by atoms with Crippen LogP contribution in [0.3, 0.4) is 0 Å². The van der Waals surface area contributed by atoms with E-state index in [0.717, 1.165) is 4.47 Å². The molecule has 0 aliphatic rings. The van der Waals surface area contributed by atoms with Gasteiger partial charge in [-0.25, -0.2) is 0 Å². The Kier molecular flexibility index (Phi) is 4.11. The second kappa shape index (κ2) is 5.14. The maximum Gasteiger partial charge on any atom is 0.138 e. The minimum atomic E-state index is 0.461. The number of hydrogen-bond donors (Lipinski definition) is 1. The zero-order chi connectivity index (χ0) is 9.68. The molecular weight excluding hydrogens is 252 g/mol. The van der Waals surface area contributed by atoms with Crippen molar-refractivity contribution in [3.63, 3.8) is 0 Å². The second-order valence-corrected chi connectivity index (χ2v) is 3.84. The molecule has 0 fully saturated rings. The normalized spacial score (nSPS) is 9.62. The van der Waals surface area contributed by atoms with Crippen molar-refractivity contribution in [1.29, 1.82) is 0 Å². The van der Waals surface area contributed by atoms with E-state index in [1.54, 1.807) is 12.4 Å². The Bertz CT molecular complexity index is 306. The third kappa shape index (κ3) is 4.19. The molecule has 0 amide bonds. The Labute approximate surface area is 90.4 Å². The molecule has 0 spiro atoms. The predicted octanol–water partition coefficient (Wildman–Crippen LogP) is 1.90. The number of pyridine rings is 1. The van der Waals surface area contributed by atoms with Crippen LogP contribution in [0.15, 0.2) is 22.9 Å². The topological polar surface area (TPSA) is 48.1 Å². The highest BCUT2D eigenvalue weighted by Crippen LogP contribution is 2.15. The fourth-order valence-electron chi connectivity index (χ4n) is 0.741. The molecule has 0 radical (unpaired) electrons. The lowest BCUT2D eigenvalue weighted by Gasteiger charge is -2.04. The average molecular weight is 261 g/mol. The molecule has 0 aliphatic heterocycles. The SMILES string of the molecule is NC(=S)CCOc1cncc(Br)c1. The first-order valence-corrected chi connectivity index (χ1v) is 4.90. The van der Waals surface area contributed by atoms with Crippen molar-refractivity contribution >= 4 is 33.1 Å². The van der Waals surface area contributed by atoms with E-state index in [0.29, 0.717) is 23.8 Å². The van der Waals surface area contributed by atoms with Gasteiger partial charge in [-0.1, -0.05) is 12.2 Å². The summed E-state index contributed by atoms with van der Waals surface area (Å²) in [6.45, 7) is 0.494. The number of thiocarbonyl (C=S) groups is 1. The number of aromatic nitrogens is 1. The second-order valence-electron chi connectivity index (χ2n) is 2.40. The van der Waals surface area contributed by atoms with Gasteiger partial charge in [0.05, 0.1) is 17.8 Å². The summed E-state index contributed by atoms with van der Waals surface area (Å²) in [5.74, 6) is 0.714. The number of halogens is 1. The Morgan fingerprint density at radius 3 is 3.00 bits per heavy atom. The van der Waals surface area contributed by atoms with Crippen molar-refractivity contribution < 1.29 is 4.74 Å². The molecule has 70 valence electrons. The summed E-state index contributed by atoms with van der Waals surface area (Å²) in [6.07, 6.45) is 3.92. The summed E-state index contributed by atoms with van der Waals surface area (Å²) in [4.78, 5) is 4.41. The number of rotatable bonds is 4. The molecule has 3 nitrogen and oxygen atoms in total. The summed E-state index contributed by atoms with van der Waals surface area (Å²) in [6, 6.07) is 1.84. The van der Waals surface area contributed by atoms with Crippen LogP contribution in [0.4, 0.5) is 0 Å². The van der Waals surface area contributed by atoms with Gasteiger partial charge in [0.25, 0.3) is 0 Å². The summed E-state index contributed by atoms with van der Waals surface area (Å²) in [5, 5.41) is 0. The minimum Gasteiger partial charge on any atom is -0.491 e. The van der Waals surface area contributed by atoms with Gasteiger partial charge in [-0.05, 0) is 22.0 Å². The lowest BCUT2D eigenvalue weighted by Crippen LogP contribution is -2.12. The Morgan fingerprint density at radius 2 is 2.38 bits per heavy atom. The molecule has 5 heteroatoms. The third-order valence-electron chi connectivity index (χ3n) is 1.30. The van der Waals surface area contributed by atoms with Crippen LogP contribution in [-0.2, 0) is 0 Å². The minimum absolute atomic E-state index is 0.461. The molecule has 1 aromatic rings. The van der Waals surface area contributed by atoms with Crippen LogP contribution in [0.25, 0.3) is 0 Å². The standard InChI is InChI=1S/C8H9BrN2OS/c9-6-3-7(5-11-4-6)12-2-1-8(10)13/h3-5H,1-2H2,(H2,10,13). The van der Waals surface area contributed by atoms with Gasteiger partial charge in [-0.2, -0.15) is 0 Å². The lowest BCUT2D eigenvalue weighted by molar-refractivity contribution is 0.328. The Balaban J connectivity index is 2.41. The van der Waals surface area contributed by atoms with Gasteiger partial charge < -0.3 is 10.5 Å². The van der Waals surface area contributed by atoms with Crippen molar-refractivity contribution in [3.8, 4) is 5.75 Å². The van der Waals surface area contributed by atoms with E-state index in [2.05, 4.69) is 20.9 Å². The molecule has 0 bridgehead atoms. The molecular formula is C8H9BrN2OS. The molecule has 0 saturated heterocycles. The van der Waals surface area contributed by atoms with Crippen LogP contribution >= 0.6 is 28.1 Å². The highest BCUT2D eigenvalue weighted by Gasteiger charge is 1.95. The molecule has 13 heavy (non-hydrogen) atoms. The van der Waals surface area contributed by atoms with Crippen LogP contribution < -0.4 is 10.5 Å². The van der Waals surface area contributed by atoms with Gasteiger partial charge in [0.1, 0.15) is 5.75 Å². The van der Waals surface area contributed by atoms with E-state index in [4.69, 9.17) is 22.7 Å². The zero-order valence-corrected chi connectivity index (χ0v) is 9.27. The maximum absolute atomic E-state index is 5.34. The van der Waals surface area contributed by atoms with Gasteiger partial charge in [0.2, 0.25) is 0 Å². The van der Waals surface area contributed by atoms with E-state index in [9.17, 15) is 0 Å². The lowest BCUT2D eigenvalue weighted by atomic mass is 10.4. The number of nitrogens with two attached hydrogens (primary N) is 1. The number of ether oxygens (including phenoxy) is 1. The first kappa shape index (κ1) is 10.4. The van der Waals surface area contributed by atoms with E-state index in [1.807, 2.05) is 6.07 Å². The van der Waals surface area contributed by atoms with Crippen molar-refractivity contribution in [2.24, 2.45) is 5.73 Å². The zero-order valence-electron chi connectivity index (χ0n) is 6.87. The summed E-state index contributed by atoms with van der Waals surface area (Å²) >= 11 is 8.00. The fourth-order valence-corrected chi connectivity index (χ4v) is 1.17. The first-order chi connectivity index (χ1) is 6.18. The van der Waals surface area contributed by atoms with Crippen molar-refractivity contribution in [1.82, 2.24) is 4.98 Å². The highest BCUT2D eigenvalue weighted by atomic mass is 79.9. The van der Waals surface area contributed by atoms with Crippen molar-refractivity contribution in [3.05, 3.63) is 22.9 Å². The summed E-state index contributed by atoms with van der Waals surface area (Å²) in [5.41, 5.74) is 5.31. The molecule has 0 aliphatic carbocycles. The highest BCUT2D eigenvalue weighted by molar-refractivity contribution is 9.10. The molecule has 1 rings (SSSR count). The average Bonchev–Trinajstić information content (AvgIpc) is 2.03. The monoisotopic (exact) mass is 260 g/mol. The predicted molar refractivity (Wildman–Crippen MR) is 58.8 cm³/mol. The maximum atomic E-state index is 5.34. The molecule has 0 unspecified atom stereocenters. The first-order valence-electron chi connectivity index (χ1n) is 3.70. The molecule has 0 saturated carbocycles. The largest absolute Gasteiger partial charge is 0.491 e. The van der Waals surface area contributed by atoms with Crippen LogP contribution in [0.2, 0.25) is 0 Å². The third-order valence-corrected chi connectivity index (χ3v) is 1.93. The molecule has 2 N–H and O–H groups in total. The molecule has 1 heterocycles. The van der Waals surface area contributed by atoms with Gasteiger partial charge >= 0.3 is 0 Å². The van der Waals surface area contributed by atoms with Crippen molar-refractivity contribution in [2.75, 3.05) is 6.61 Å². The van der Waals surface area contributed by atoms with E-state index < -0.39 is 0 Å². The molecule has 0 atom stereocenters. The fraction of sp³-hybridized carbons (Fsp3) is 0.250. The summed E-state index contributed by atoms with van der Waals surface area (Å²) in [7, 11) is 0. The number of nitrogens with zero attached hydrogens (tertiary/aromatic N) is 1. The summed E-state index contributed by atoms with van der Waals surface area (Å²) < 4.78 is 6.23. The van der Waals surface area contributed by atoms with E-state index in [1.165, 1.54) is 0 Å². The van der Waals surface area contributed by atoms with Gasteiger partial charge in [-0.3, -0.25) is 4.98 Å². The van der Waals surface area contributed by atoms with Crippen molar-refractivity contribution in [2.45, 2.75) is 6.42 Å². The Hall–Kier alpha value is -0.680. The van der Waals surface area contributed by atoms with E-state index >= 15 is 0 Å². The quantitative estimate of drug-likeness (QED) is 0.841. The Morgan fingerprint density at radius 1 is 1.62 bits per heavy atom. The van der Waals surface area contributed by atoms with Crippen LogP contribution in [-0.4, -0.2) is 16.6 Å². The molecule has 1 aromatic heterocycles. The van der Waals surface area contributed by atoms with Gasteiger partial charge in [0.15, 0.2) is 0 Å².